The minimum Gasteiger partial charge on any atom is -0.205 e. The van der Waals surface area contributed by atoms with Crippen LogP contribution in [0.5, 0.6) is 0 Å². The third kappa shape index (κ3) is 0.730. The Kier molecular flexibility index (Phi) is 0.975. The van der Waals surface area contributed by atoms with Gasteiger partial charge in [0.25, 0.3) is 17.9 Å². The zero-order valence-electron chi connectivity index (χ0n) is 5.97. The van der Waals surface area contributed by atoms with Gasteiger partial charge in [0.1, 0.15) is 0 Å². The number of nitrogens with zero attached hydrogens (tertiary/aromatic N) is 10. The van der Waals surface area contributed by atoms with Crippen molar-refractivity contribution in [1.82, 2.24) is 4.90 Å². The number of hydrogen-bond acceptors (Lipinski definition) is 10. The van der Waals surface area contributed by atoms with Gasteiger partial charge in [0.2, 0.25) is 0 Å². The Hall–Kier alpha value is -2.39. The van der Waals surface area contributed by atoms with Crippen LogP contribution in [0, 0.1) is 0 Å². The topological polar surface area (TPSA) is 114 Å². The van der Waals surface area contributed by atoms with Gasteiger partial charge in [-0.1, -0.05) is 30.6 Å². The fourth-order valence-corrected chi connectivity index (χ4v) is 0.904. The molecular weight excluding hydrogens is 176 g/mol. The lowest BCUT2D eigenvalue weighted by atomic mass is 10.6. The largest absolute Gasteiger partial charge is 0.282 e. The molecule has 3 aliphatic rings. The van der Waals surface area contributed by atoms with Crippen LogP contribution in [0.4, 0.5) is 0 Å². The van der Waals surface area contributed by atoms with Gasteiger partial charge in [-0.05, 0) is 15.7 Å². The maximum Gasteiger partial charge on any atom is 0.282 e. The van der Waals surface area contributed by atoms with E-state index >= 15 is 0 Å². The van der Waals surface area contributed by atoms with Crippen LogP contribution in [0.1, 0.15) is 0 Å². The molecule has 10 heteroatoms. The average Bonchev–Trinajstić information content (AvgIpc) is 2.19. The molecule has 3 heterocycles. The van der Waals surface area contributed by atoms with E-state index in [0.717, 1.165) is 0 Å². The van der Waals surface area contributed by atoms with Crippen LogP contribution in [-0.4, -0.2) is 22.8 Å². The standard InChI is InChI=1S/C3N10/c4-1-5-11-7-3-9-12-8-2(6-10-4)13(1)3. The highest BCUT2D eigenvalue weighted by Crippen LogP contribution is 2.15. The lowest BCUT2D eigenvalue weighted by molar-refractivity contribution is 0.706. The van der Waals surface area contributed by atoms with Crippen molar-refractivity contribution >= 4 is 17.9 Å². The monoisotopic (exact) mass is 176 g/mol. The first-order valence-electron chi connectivity index (χ1n) is 3.21. The van der Waals surface area contributed by atoms with E-state index in [4.69, 9.17) is 0 Å². The van der Waals surface area contributed by atoms with Gasteiger partial charge in [-0.15, -0.1) is 0 Å². The molecule has 0 atom stereocenters. The SMILES string of the molecule is N1=NC2=NN=NC3=NN=NC(=N1)N23. The van der Waals surface area contributed by atoms with Crippen molar-refractivity contribution in [3.8, 4) is 0 Å². The molecular formula is C3N10. The van der Waals surface area contributed by atoms with E-state index in [0.29, 0.717) is 0 Å². The zero-order chi connectivity index (χ0) is 8.67. The van der Waals surface area contributed by atoms with Gasteiger partial charge in [0, 0.05) is 0 Å². The highest BCUT2D eigenvalue weighted by Gasteiger charge is 2.31. The normalized spacial score (nSPS) is 22.2. The van der Waals surface area contributed by atoms with Crippen molar-refractivity contribution in [2.45, 2.75) is 0 Å². The van der Waals surface area contributed by atoms with Gasteiger partial charge in [-0.25, -0.2) is 4.90 Å². The zero-order valence-corrected chi connectivity index (χ0v) is 5.97. The predicted molar refractivity (Wildman–Crippen MR) is 38.7 cm³/mol. The summed E-state index contributed by atoms with van der Waals surface area (Å²) in [4.78, 5) is 1.40. The molecule has 0 spiro atoms. The Bertz CT molecular complexity index is 367. The van der Waals surface area contributed by atoms with Crippen LogP contribution in [0.25, 0.3) is 0 Å². The Labute approximate surface area is 70.1 Å². The quantitative estimate of drug-likeness (QED) is 0.525. The first kappa shape index (κ1) is 6.16. The van der Waals surface area contributed by atoms with Crippen molar-refractivity contribution in [1.29, 1.82) is 0 Å². The summed E-state index contributed by atoms with van der Waals surface area (Å²) in [7, 11) is 0. The van der Waals surface area contributed by atoms with Crippen LogP contribution in [-0.2, 0) is 0 Å². The molecule has 0 aromatic carbocycles. The molecule has 62 valence electrons. The number of guanidine groups is 3. The fraction of sp³-hybridized carbons (Fsp3) is 0. The van der Waals surface area contributed by atoms with E-state index in [9.17, 15) is 0 Å². The third-order valence-corrected chi connectivity index (χ3v) is 1.40. The van der Waals surface area contributed by atoms with E-state index in [1.807, 2.05) is 0 Å². The molecule has 13 heavy (non-hydrogen) atoms. The Morgan fingerprint density at radius 3 is 1.38 bits per heavy atom. The summed E-state index contributed by atoms with van der Waals surface area (Å²) >= 11 is 0. The van der Waals surface area contributed by atoms with E-state index in [1.54, 1.807) is 0 Å². The smallest absolute Gasteiger partial charge is 0.205 e. The lowest BCUT2D eigenvalue weighted by Crippen LogP contribution is -2.42. The van der Waals surface area contributed by atoms with Gasteiger partial charge < -0.3 is 0 Å². The van der Waals surface area contributed by atoms with Crippen LogP contribution in [0.15, 0.2) is 46.3 Å². The minimum absolute atomic E-state index is 0.234. The molecule has 0 aromatic heterocycles. The van der Waals surface area contributed by atoms with E-state index in [1.165, 1.54) is 4.90 Å². The number of rotatable bonds is 0. The molecule has 0 fully saturated rings. The highest BCUT2D eigenvalue weighted by atomic mass is 15.7. The molecule has 0 radical (unpaired) electrons. The van der Waals surface area contributed by atoms with Gasteiger partial charge in [0.15, 0.2) is 0 Å². The Balaban J connectivity index is 2.23. The van der Waals surface area contributed by atoms with Crippen LogP contribution < -0.4 is 0 Å². The Morgan fingerprint density at radius 1 is 0.615 bits per heavy atom. The van der Waals surface area contributed by atoms with Crippen LogP contribution in [0.2, 0.25) is 0 Å². The van der Waals surface area contributed by atoms with Crippen molar-refractivity contribution < 1.29 is 0 Å². The first-order valence-corrected chi connectivity index (χ1v) is 3.21. The highest BCUT2D eigenvalue weighted by molar-refractivity contribution is 6.15. The van der Waals surface area contributed by atoms with Gasteiger partial charge in [-0.2, -0.15) is 0 Å². The fourth-order valence-electron chi connectivity index (χ4n) is 0.904. The summed E-state index contributed by atoms with van der Waals surface area (Å²) in [5.74, 6) is 0.701. The average molecular weight is 176 g/mol. The summed E-state index contributed by atoms with van der Waals surface area (Å²) < 4.78 is 0. The molecule has 0 aromatic rings. The van der Waals surface area contributed by atoms with Crippen molar-refractivity contribution in [3.63, 3.8) is 0 Å². The van der Waals surface area contributed by atoms with Gasteiger partial charge in [-0.3, -0.25) is 0 Å². The second-order valence-electron chi connectivity index (χ2n) is 2.10. The lowest BCUT2D eigenvalue weighted by Gasteiger charge is -2.21. The molecule has 0 N–H and O–H groups in total. The first-order chi connectivity index (χ1) is 6.45. The molecule has 0 saturated carbocycles. The molecule has 3 rings (SSSR count). The minimum atomic E-state index is 0.234. The molecule has 0 aliphatic carbocycles. The molecule has 0 amide bonds. The number of hydrogen-bond donors (Lipinski definition) is 0. The van der Waals surface area contributed by atoms with E-state index in [-0.39, 0.29) is 17.9 Å². The van der Waals surface area contributed by atoms with Crippen LogP contribution >= 0.6 is 0 Å². The van der Waals surface area contributed by atoms with E-state index < -0.39 is 0 Å². The second-order valence-corrected chi connectivity index (χ2v) is 2.10. The molecule has 10 nitrogen and oxygen atoms in total. The predicted octanol–water partition coefficient (Wildman–Crippen LogP) is 0.499. The molecule has 0 bridgehead atoms. The molecule has 0 saturated heterocycles. The van der Waals surface area contributed by atoms with Gasteiger partial charge in [0.05, 0.1) is 0 Å². The molecule has 0 unspecified atom stereocenters. The maximum absolute atomic E-state index is 3.61. The van der Waals surface area contributed by atoms with Crippen molar-refractivity contribution in [2.75, 3.05) is 0 Å². The summed E-state index contributed by atoms with van der Waals surface area (Å²) in [6.07, 6.45) is 0. The summed E-state index contributed by atoms with van der Waals surface area (Å²) in [5, 5.41) is 31.9. The second kappa shape index (κ2) is 2.06. The summed E-state index contributed by atoms with van der Waals surface area (Å²) in [6.45, 7) is 0. The van der Waals surface area contributed by atoms with Crippen molar-refractivity contribution in [2.24, 2.45) is 46.3 Å². The van der Waals surface area contributed by atoms with E-state index in [2.05, 4.69) is 46.3 Å². The molecule has 3 aliphatic heterocycles. The summed E-state index contributed by atoms with van der Waals surface area (Å²) in [5.41, 5.74) is 0. The third-order valence-electron chi connectivity index (χ3n) is 1.40. The van der Waals surface area contributed by atoms with Crippen molar-refractivity contribution in [3.05, 3.63) is 0 Å². The van der Waals surface area contributed by atoms with Gasteiger partial charge >= 0.3 is 0 Å². The summed E-state index contributed by atoms with van der Waals surface area (Å²) in [6, 6.07) is 0. The van der Waals surface area contributed by atoms with Crippen LogP contribution in [0.3, 0.4) is 0 Å². The Morgan fingerprint density at radius 2 is 1.00 bits per heavy atom. The maximum atomic E-state index is 3.61.